The number of methoxy groups -OCH3 is 1. The van der Waals surface area contributed by atoms with Crippen LogP contribution in [0.1, 0.15) is 5.56 Å². The molecule has 6 heteroatoms. The van der Waals surface area contributed by atoms with Gasteiger partial charge >= 0.3 is 0 Å². The Hall–Kier alpha value is -3.67. The number of hydrogen-bond acceptors (Lipinski definition) is 5. The topological polar surface area (TPSA) is 79.9 Å². The predicted octanol–water partition coefficient (Wildman–Crippen LogP) is 3.61. The Bertz CT molecular complexity index is 1120. The number of nitrogens with zero attached hydrogens (tertiary/aromatic N) is 2. The van der Waals surface area contributed by atoms with Crippen molar-refractivity contribution < 1.29 is 4.74 Å². The van der Waals surface area contributed by atoms with Gasteiger partial charge in [0.2, 0.25) is 5.95 Å². The van der Waals surface area contributed by atoms with Gasteiger partial charge in [-0.25, -0.2) is 4.98 Å². The van der Waals surface area contributed by atoms with Gasteiger partial charge in [-0.15, -0.1) is 0 Å². The molecule has 134 valence electrons. The summed E-state index contributed by atoms with van der Waals surface area (Å²) in [6.45, 7) is 0.563. The van der Waals surface area contributed by atoms with Crippen molar-refractivity contribution >= 4 is 17.0 Å². The van der Waals surface area contributed by atoms with Gasteiger partial charge in [0.1, 0.15) is 5.75 Å². The largest absolute Gasteiger partial charge is 0.497 e. The van der Waals surface area contributed by atoms with E-state index in [-0.39, 0.29) is 5.56 Å². The first-order valence-corrected chi connectivity index (χ1v) is 8.56. The van der Waals surface area contributed by atoms with Crippen LogP contribution in [0.3, 0.4) is 0 Å². The molecule has 4 aromatic rings. The van der Waals surface area contributed by atoms with Crippen LogP contribution in [-0.2, 0) is 6.54 Å². The number of pyridine rings is 1. The lowest BCUT2D eigenvalue weighted by atomic mass is 10.0. The van der Waals surface area contributed by atoms with Gasteiger partial charge in [0.15, 0.2) is 5.65 Å². The summed E-state index contributed by atoms with van der Waals surface area (Å²) in [4.78, 5) is 24.3. The molecule has 0 radical (unpaired) electrons. The van der Waals surface area contributed by atoms with Gasteiger partial charge in [-0.3, -0.25) is 9.78 Å². The highest BCUT2D eigenvalue weighted by molar-refractivity contribution is 5.92. The Morgan fingerprint density at radius 2 is 1.81 bits per heavy atom. The smallest absolute Gasteiger partial charge is 0.262 e. The lowest BCUT2D eigenvalue weighted by molar-refractivity contribution is 0.415. The molecule has 0 saturated heterocycles. The van der Waals surface area contributed by atoms with Gasteiger partial charge in [0.25, 0.3) is 5.56 Å². The van der Waals surface area contributed by atoms with Crippen LogP contribution in [0.25, 0.3) is 22.2 Å². The van der Waals surface area contributed by atoms with E-state index < -0.39 is 0 Å². The van der Waals surface area contributed by atoms with Crippen molar-refractivity contribution in [3.8, 4) is 16.9 Å². The first-order chi connectivity index (χ1) is 13.2. The van der Waals surface area contributed by atoms with Crippen LogP contribution in [0.5, 0.6) is 5.75 Å². The van der Waals surface area contributed by atoms with Crippen LogP contribution >= 0.6 is 0 Å². The maximum atomic E-state index is 12.7. The summed E-state index contributed by atoms with van der Waals surface area (Å²) in [5, 5.41) is 3.61. The van der Waals surface area contributed by atoms with E-state index in [1.165, 1.54) is 0 Å². The highest BCUT2D eigenvalue weighted by Gasteiger charge is 2.11. The maximum absolute atomic E-state index is 12.7. The molecule has 0 saturated carbocycles. The zero-order valence-corrected chi connectivity index (χ0v) is 14.8. The Morgan fingerprint density at radius 3 is 2.56 bits per heavy atom. The monoisotopic (exact) mass is 358 g/mol. The molecule has 0 atom stereocenters. The van der Waals surface area contributed by atoms with Gasteiger partial charge in [0.05, 0.1) is 12.5 Å². The van der Waals surface area contributed by atoms with E-state index >= 15 is 0 Å². The molecule has 27 heavy (non-hydrogen) atoms. The fourth-order valence-corrected chi connectivity index (χ4v) is 2.94. The number of benzene rings is 2. The van der Waals surface area contributed by atoms with Crippen LogP contribution in [-0.4, -0.2) is 22.1 Å². The summed E-state index contributed by atoms with van der Waals surface area (Å²) in [6.07, 6.45) is 1.66. The standard InChI is InChI=1S/C21H18N4O2/c1-27-16-9-7-15(8-10-16)17-11-12-22-19-18(17)20(26)25-21(24-19)23-13-14-5-3-2-4-6-14/h2-12H,13H2,1H3,(H2,22,23,24,25,26). The van der Waals surface area contributed by atoms with Crippen LogP contribution in [0.15, 0.2) is 71.7 Å². The van der Waals surface area contributed by atoms with Gasteiger partial charge in [-0.1, -0.05) is 42.5 Å². The van der Waals surface area contributed by atoms with E-state index in [4.69, 9.17) is 4.74 Å². The van der Waals surface area contributed by atoms with Gasteiger partial charge in [0, 0.05) is 12.7 Å². The number of aromatic amines is 1. The number of hydrogen-bond donors (Lipinski definition) is 2. The fraction of sp³-hybridized carbons (Fsp3) is 0.0952. The van der Waals surface area contributed by atoms with Crippen molar-refractivity contribution in [1.82, 2.24) is 15.0 Å². The van der Waals surface area contributed by atoms with E-state index in [0.29, 0.717) is 23.5 Å². The highest BCUT2D eigenvalue weighted by Crippen LogP contribution is 2.26. The summed E-state index contributed by atoms with van der Waals surface area (Å²) in [6, 6.07) is 19.3. The molecule has 2 N–H and O–H groups in total. The van der Waals surface area contributed by atoms with Crippen molar-refractivity contribution in [2.45, 2.75) is 6.54 Å². The number of fused-ring (bicyclic) bond motifs is 1. The van der Waals surface area contributed by atoms with E-state index in [0.717, 1.165) is 22.4 Å². The number of H-pyrrole nitrogens is 1. The second-order valence-electron chi connectivity index (χ2n) is 6.04. The van der Waals surface area contributed by atoms with Crippen LogP contribution < -0.4 is 15.6 Å². The number of nitrogens with one attached hydrogen (secondary N) is 2. The summed E-state index contributed by atoms with van der Waals surface area (Å²) < 4.78 is 5.19. The van der Waals surface area contributed by atoms with Crippen LogP contribution in [0.4, 0.5) is 5.95 Å². The van der Waals surface area contributed by atoms with E-state index in [1.807, 2.05) is 60.7 Å². The number of rotatable bonds is 5. The second kappa shape index (κ2) is 7.29. The Kier molecular flexibility index (Phi) is 4.53. The number of ether oxygens (including phenoxy) is 1. The Labute approximate surface area is 155 Å². The number of aromatic nitrogens is 3. The first-order valence-electron chi connectivity index (χ1n) is 8.56. The molecule has 0 amide bonds. The third kappa shape index (κ3) is 3.50. The first kappa shape index (κ1) is 16.8. The molecule has 0 fully saturated rings. The molecule has 2 aromatic carbocycles. The minimum absolute atomic E-state index is 0.227. The lowest BCUT2D eigenvalue weighted by Gasteiger charge is -2.09. The van der Waals surface area contributed by atoms with Crippen molar-refractivity contribution in [3.63, 3.8) is 0 Å². The molecule has 0 spiro atoms. The van der Waals surface area contributed by atoms with Gasteiger partial charge < -0.3 is 10.1 Å². The molecular formula is C21H18N4O2. The average molecular weight is 358 g/mol. The highest BCUT2D eigenvalue weighted by atomic mass is 16.5. The lowest BCUT2D eigenvalue weighted by Crippen LogP contribution is -2.14. The Balaban J connectivity index is 1.70. The average Bonchev–Trinajstić information content (AvgIpc) is 2.72. The third-order valence-electron chi connectivity index (χ3n) is 4.31. The Morgan fingerprint density at radius 1 is 1.04 bits per heavy atom. The van der Waals surface area contributed by atoms with Crippen molar-refractivity contribution in [2.75, 3.05) is 12.4 Å². The SMILES string of the molecule is COc1ccc(-c2ccnc3nc(NCc4ccccc4)[nH]c(=O)c23)cc1. The quantitative estimate of drug-likeness (QED) is 0.570. The van der Waals surface area contributed by atoms with E-state index in [2.05, 4.69) is 20.3 Å². The normalized spacial score (nSPS) is 10.7. The zero-order chi connectivity index (χ0) is 18.6. The molecule has 0 bridgehead atoms. The van der Waals surface area contributed by atoms with E-state index in [9.17, 15) is 4.79 Å². The van der Waals surface area contributed by atoms with Crippen molar-refractivity contribution in [3.05, 3.63) is 82.8 Å². The van der Waals surface area contributed by atoms with E-state index in [1.54, 1.807) is 13.3 Å². The molecule has 6 nitrogen and oxygen atoms in total. The molecule has 0 aliphatic heterocycles. The fourth-order valence-electron chi connectivity index (χ4n) is 2.94. The van der Waals surface area contributed by atoms with Gasteiger partial charge in [-0.2, -0.15) is 4.98 Å². The van der Waals surface area contributed by atoms with Gasteiger partial charge in [-0.05, 0) is 34.9 Å². The molecule has 0 aliphatic carbocycles. The predicted molar refractivity (Wildman–Crippen MR) is 106 cm³/mol. The van der Waals surface area contributed by atoms with Crippen LogP contribution in [0, 0.1) is 0 Å². The third-order valence-corrected chi connectivity index (χ3v) is 4.31. The zero-order valence-electron chi connectivity index (χ0n) is 14.8. The van der Waals surface area contributed by atoms with Crippen LogP contribution in [0.2, 0.25) is 0 Å². The summed E-state index contributed by atoms with van der Waals surface area (Å²) in [5.74, 6) is 1.16. The molecule has 4 rings (SSSR count). The minimum atomic E-state index is -0.227. The summed E-state index contributed by atoms with van der Waals surface area (Å²) in [5.41, 5.74) is 2.96. The minimum Gasteiger partial charge on any atom is -0.497 e. The summed E-state index contributed by atoms with van der Waals surface area (Å²) in [7, 11) is 1.62. The molecule has 0 unspecified atom stereocenters. The molecular weight excluding hydrogens is 340 g/mol. The second-order valence-corrected chi connectivity index (χ2v) is 6.04. The van der Waals surface area contributed by atoms with Crippen molar-refractivity contribution in [2.24, 2.45) is 0 Å². The number of anilines is 1. The molecule has 2 aromatic heterocycles. The summed E-state index contributed by atoms with van der Waals surface area (Å²) >= 11 is 0. The molecule has 2 heterocycles. The van der Waals surface area contributed by atoms with Crippen molar-refractivity contribution in [1.29, 1.82) is 0 Å². The molecule has 0 aliphatic rings. The maximum Gasteiger partial charge on any atom is 0.262 e.